The molecular formula is C22H27N7OS. The zero-order valence-electron chi connectivity index (χ0n) is 17.5. The minimum Gasteiger partial charge on any atom is -0.359 e. The first kappa shape index (κ1) is 21.4. The van der Waals surface area contributed by atoms with E-state index in [0.29, 0.717) is 12.2 Å². The number of aryl methyl sites for hydroxylation is 1. The largest absolute Gasteiger partial charge is 0.359 e. The summed E-state index contributed by atoms with van der Waals surface area (Å²) in [5, 5.41) is 12.8. The highest BCUT2D eigenvalue weighted by atomic mass is 32.1. The highest BCUT2D eigenvalue weighted by Crippen LogP contribution is 2.20. The number of benzene rings is 1. The SMILES string of the molecule is Cc1cnc(C(=O)N[C@H](CNc2nc(CN3CCNCC3)cs2)c2ccccc2)cn1. The number of anilines is 1. The molecule has 2 aromatic heterocycles. The fraction of sp³-hybridized carbons (Fsp3) is 0.364. The maximum absolute atomic E-state index is 12.7. The van der Waals surface area contributed by atoms with Gasteiger partial charge >= 0.3 is 0 Å². The minimum atomic E-state index is -0.248. The Morgan fingerprint density at radius 1 is 1.19 bits per heavy atom. The van der Waals surface area contributed by atoms with E-state index in [-0.39, 0.29) is 11.9 Å². The number of hydrogen-bond acceptors (Lipinski definition) is 8. The van der Waals surface area contributed by atoms with Crippen LogP contribution >= 0.6 is 11.3 Å². The van der Waals surface area contributed by atoms with Gasteiger partial charge in [-0.3, -0.25) is 14.7 Å². The average Bonchev–Trinajstić information content (AvgIpc) is 3.25. The quantitative estimate of drug-likeness (QED) is 0.497. The van der Waals surface area contributed by atoms with Crippen molar-refractivity contribution in [2.45, 2.75) is 19.5 Å². The van der Waals surface area contributed by atoms with E-state index < -0.39 is 0 Å². The molecular weight excluding hydrogens is 410 g/mol. The highest BCUT2D eigenvalue weighted by molar-refractivity contribution is 7.13. The molecule has 8 nitrogen and oxygen atoms in total. The molecule has 1 fully saturated rings. The van der Waals surface area contributed by atoms with Crippen LogP contribution in [0, 0.1) is 6.92 Å². The molecule has 4 rings (SSSR count). The normalized spacial score (nSPS) is 15.4. The van der Waals surface area contributed by atoms with Crippen LogP contribution in [0.1, 0.15) is 33.5 Å². The first-order chi connectivity index (χ1) is 15.2. The Balaban J connectivity index is 1.39. The van der Waals surface area contributed by atoms with E-state index in [0.717, 1.165) is 54.8 Å². The number of carbonyl (C=O) groups is 1. The smallest absolute Gasteiger partial charge is 0.272 e. The lowest BCUT2D eigenvalue weighted by Crippen LogP contribution is -2.42. The van der Waals surface area contributed by atoms with Gasteiger partial charge in [0.15, 0.2) is 5.13 Å². The van der Waals surface area contributed by atoms with Crippen LogP contribution < -0.4 is 16.0 Å². The molecule has 3 aromatic rings. The molecule has 3 heterocycles. The van der Waals surface area contributed by atoms with Crippen molar-refractivity contribution < 1.29 is 4.79 Å². The first-order valence-electron chi connectivity index (χ1n) is 10.4. The fourth-order valence-corrected chi connectivity index (χ4v) is 4.14. The number of carbonyl (C=O) groups excluding carboxylic acids is 1. The van der Waals surface area contributed by atoms with Gasteiger partial charge in [0.05, 0.1) is 23.6 Å². The van der Waals surface area contributed by atoms with Gasteiger partial charge < -0.3 is 16.0 Å². The highest BCUT2D eigenvalue weighted by Gasteiger charge is 2.18. The van der Waals surface area contributed by atoms with Crippen molar-refractivity contribution >= 4 is 22.4 Å². The van der Waals surface area contributed by atoms with Crippen molar-refractivity contribution in [1.29, 1.82) is 0 Å². The van der Waals surface area contributed by atoms with E-state index >= 15 is 0 Å². The summed E-state index contributed by atoms with van der Waals surface area (Å²) in [6.07, 6.45) is 3.10. The molecule has 1 aromatic carbocycles. The monoisotopic (exact) mass is 437 g/mol. The standard InChI is InChI=1S/C22H27N7OS/c1-16-11-25-20(13-24-16)21(30)28-19(17-5-3-2-4-6-17)12-26-22-27-18(15-31-22)14-29-9-7-23-8-10-29/h2-6,11,13,15,19,23H,7-10,12,14H2,1H3,(H,26,27)(H,28,30)/t19-/m1/s1. The molecule has 162 valence electrons. The summed E-state index contributed by atoms with van der Waals surface area (Å²) in [6, 6.07) is 9.68. The van der Waals surface area contributed by atoms with Crippen LogP contribution in [-0.2, 0) is 6.54 Å². The number of nitrogens with one attached hydrogen (secondary N) is 3. The molecule has 1 aliphatic heterocycles. The molecule has 1 atom stereocenters. The second-order valence-electron chi connectivity index (χ2n) is 7.53. The predicted octanol–water partition coefficient (Wildman–Crippen LogP) is 2.23. The van der Waals surface area contributed by atoms with Gasteiger partial charge in [0.25, 0.3) is 5.91 Å². The molecule has 3 N–H and O–H groups in total. The number of nitrogens with zero attached hydrogens (tertiary/aromatic N) is 4. The van der Waals surface area contributed by atoms with Crippen molar-refractivity contribution in [2.24, 2.45) is 0 Å². The van der Waals surface area contributed by atoms with E-state index in [2.05, 4.69) is 36.2 Å². The average molecular weight is 438 g/mol. The third-order valence-electron chi connectivity index (χ3n) is 5.13. The second-order valence-corrected chi connectivity index (χ2v) is 8.39. The van der Waals surface area contributed by atoms with Crippen LogP contribution in [0.5, 0.6) is 0 Å². The predicted molar refractivity (Wildman–Crippen MR) is 122 cm³/mol. The molecule has 1 saturated heterocycles. The van der Waals surface area contributed by atoms with Gasteiger partial charge in [-0.05, 0) is 12.5 Å². The van der Waals surface area contributed by atoms with Crippen molar-refractivity contribution in [3.8, 4) is 0 Å². The summed E-state index contributed by atoms with van der Waals surface area (Å²) >= 11 is 1.59. The number of amides is 1. The van der Waals surface area contributed by atoms with E-state index in [4.69, 9.17) is 4.98 Å². The van der Waals surface area contributed by atoms with E-state index in [1.54, 1.807) is 17.5 Å². The molecule has 0 radical (unpaired) electrons. The van der Waals surface area contributed by atoms with Gasteiger partial charge in [0.1, 0.15) is 5.69 Å². The Morgan fingerprint density at radius 3 is 2.74 bits per heavy atom. The summed E-state index contributed by atoms with van der Waals surface area (Å²) in [7, 11) is 0. The zero-order valence-corrected chi connectivity index (χ0v) is 18.4. The van der Waals surface area contributed by atoms with Crippen molar-refractivity contribution in [3.63, 3.8) is 0 Å². The van der Waals surface area contributed by atoms with Gasteiger partial charge in [-0.1, -0.05) is 30.3 Å². The molecule has 0 bridgehead atoms. The topological polar surface area (TPSA) is 95.1 Å². The van der Waals surface area contributed by atoms with E-state index in [1.165, 1.54) is 6.20 Å². The number of thiazole rings is 1. The third kappa shape index (κ3) is 6.06. The number of hydrogen-bond donors (Lipinski definition) is 3. The van der Waals surface area contributed by atoms with Gasteiger partial charge in [0.2, 0.25) is 0 Å². The summed E-state index contributed by atoms with van der Waals surface area (Å²) < 4.78 is 0. The third-order valence-corrected chi connectivity index (χ3v) is 5.97. The molecule has 0 aliphatic carbocycles. The summed E-state index contributed by atoms with van der Waals surface area (Å²) in [5.41, 5.74) is 3.17. The molecule has 0 unspecified atom stereocenters. The molecule has 1 amide bonds. The van der Waals surface area contributed by atoms with Crippen molar-refractivity contribution in [1.82, 2.24) is 30.5 Å². The lowest BCUT2D eigenvalue weighted by Gasteiger charge is -2.26. The molecule has 0 saturated carbocycles. The van der Waals surface area contributed by atoms with Crippen LogP contribution in [0.25, 0.3) is 0 Å². The minimum absolute atomic E-state index is 0.225. The van der Waals surface area contributed by atoms with Gasteiger partial charge in [0, 0.05) is 50.8 Å². The Kier molecular flexibility index (Phi) is 7.18. The zero-order chi connectivity index (χ0) is 21.5. The Hall–Kier alpha value is -2.88. The summed E-state index contributed by atoms with van der Waals surface area (Å²) in [4.78, 5) is 28.2. The van der Waals surface area contributed by atoms with Crippen LogP contribution in [0.3, 0.4) is 0 Å². The lowest BCUT2D eigenvalue weighted by molar-refractivity contribution is 0.0933. The molecule has 0 spiro atoms. The number of aromatic nitrogens is 3. The first-order valence-corrected chi connectivity index (χ1v) is 11.3. The van der Waals surface area contributed by atoms with Gasteiger partial charge in [-0.25, -0.2) is 9.97 Å². The van der Waals surface area contributed by atoms with Crippen LogP contribution in [-0.4, -0.2) is 58.5 Å². The van der Waals surface area contributed by atoms with E-state index in [1.807, 2.05) is 37.3 Å². The molecule has 9 heteroatoms. The van der Waals surface area contributed by atoms with Gasteiger partial charge in [-0.15, -0.1) is 11.3 Å². The van der Waals surface area contributed by atoms with Crippen molar-refractivity contribution in [2.75, 3.05) is 38.0 Å². The summed E-state index contributed by atoms with van der Waals surface area (Å²) in [6.45, 7) is 7.38. The number of piperazine rings is 1. The maximum Gasteiger partial charge on any atom is 0.272 e. The summed E-state index contributed by atoms with van der Waals surface area (Å²) in [5.74, 6) is -0.248. The van der Waals surface area contributed by atoms with Crippen LogP contribution in [0.2, 0.25) is 0 Å². The van der Waals surface area contributed by atoms with Gasteiger partial charge in [-0.2, -0.15) is 0 Å². The number of rotatable bonds is 8. The van der Waals surface area contributed by atoms with Crippen LogP contribution in [0.15, 0.2) is 48.1 Å². The molecule has 31 heavy (non-hydrogen) atoms. The maximum atomic E-state index is 12.7. The fourth-order valence-electron chi connectivity index (χ4n) is 3.43. The van der Waals surface area contributed by atoms with Crippen LogP contribution in [0.4, 0.5) is 5.13 Å². The Labute approximate surface area is 186 Å². The van der Waals surface area contributed by atoms with E-state index in [9.17, 15) is 4.79 Å². The lowest BCUT2D eigenvalue weighted by atomic mass is 10.1. The second kappa shape index (κ2) is 10.4. The Morgan fingerprint density at radius 2 is 2.00 bits per heavy atom. The Bertz CT molecular complexity index is 971. The van der Waals surface area contributed by atoms with Crippen molar-refractivity contribution in [3.05, 3.63) is 70.8 Å². The molecule has 1 aliphatic rings.